The van der Waals surface area contributed by atoms with E-state index in [0.29, 0.717) is 31.2 Å². The first kappa shape index (κ1) is 18.9. The lowest BCUT2D eigenvalue weighted by Gasteiger charge is -2.31. The third kappa shape index (κ3) is 3.63. The van der Waals surface area contributed by atoms with Crippen LogP contribution in [0.15, 0.2) is 28.2 Å². The average molecular weight is 378 g/mol. The van der Waals surface area contributed by atoms with Gasteiger partial charge in [-0.3, -0.25) is 9.80 Å². The van der Waals surface area contributed by atoms with Crippen molar-refractivity contribution in [2.24, 2.45) is 11.0 Å². The number of rotatable bonds is 4. The van der Waals surface area contributed by atoms with Crippen molar-refractivity contribution >= 4 is 26.5 Å². The van der Waals surface area contributed by atoms with E-state index >= 15 is 0 Å². The lowest BCUT2D eigenvalue weighted by molar-refractivity contribution is -0.124. The topological polar surface area (TPSA) is 70.1 Å². The van der Waals surface area contributed by atoms with E-state index in [-0.39, 0.29) is 9.94 Å². The molecular weight excluding hydrogens is 350 g/mol. The summed E-state index contributed by atoms with van der Waals surface area (Å²) in [7, 11) is -3.90. The predicted molar refractivity (Wildman–Crippen MR) is 103 cm³/mol. The highest BCUT2D eigenvalue weighted by molar-refractivity contribution is 8.08. The third-order valence-electron chi connectivity index (χ3n) is 4.89. The normalized spacial score (nSPS) is 19.3. The molecule has 0 radical (unpaired) electrons. The summed E-state index contributed by atoms with van der Waals surface area (Å²) in [5.41, 5.74) is 1.54. The molecular formula is C19H27N3O3S. The number of sulfone groups is 1. The zero-order valence-electron chi connectivity index (χ0n) is 15.7. The van der Waals surface area contributed by atoms with Gasteiger partial charge in [-0.2, -0.15) is 5.10 Å². The molecule has 0 saturated carbocycles. The fourth-order valence-electron chi connectivity index (χ4n) is 3.32. The van der Waals surface area contributed by atoms with E-state index in [0.717, 1.165) is 31.2 Å². The molecule has 0 aliphatic carbocycles. The second-order valence-electron chi connectivity index (χ2n) is 7.54. The summed E-state index contributed by atoms with van der Waals surface area (Å²) in [6.07, 6.45) is 3.76. The van der Waals surface area contributed by atoms with E-state index in [1.807, 2.05) is 13.0 Å². The summed E-state index contributed by atoms with van der Waals surface area (Å²) >= 11 is 0. The van der Waals surface area contributed by atoms with Gasteiger partial charge in [0.2, 0.25) is 14.9 Å². The van der Waals surface area contributed by atoms with Gasteiger partial charge in [0.1, 0.15) is 0 Å². The molecule has 1 saturated heterocycles. The Morgan fingerprint density at radius 2 is 1.88 bits per heavy atom. The summed E-state index contributed by atoms with van der Waals surface area (Å²) in [5, 5.41) is 5.70. The molecule has 1 aromatic rings. The van der Waals surface area contributed by atoms with Crippen molar-refractivity contribution in [3.05, 3.63) is 23.8 Å². The SMILES string of the molecule is Cc1ccc2c(c1)N(CCC(C)C)N=C(C(=O)N1CCCCC1)S2(=O)=O. The fourth-order valence-corrected chi connectivity index (χ4v) is 4.78. The number of likely N-dealkylation sites (tertiary alicyclic amines) is 1. The van der Waals surface area contributed by atoms with E-state index in [9.17, 15) is 13.2 Å². The molecule has 1 fully saturated rings. The van der Waals surface area contributed by atoms with Gasteiger partial charge in [0, 0.05) is 19.6 Å². The van der Waals surface area contributed by atoms with E-state index < -0.39 is 15.7 Å². The van der Waals surface area contributed by atoms with Crippen LogP contribution < -0.4 is 5.01 Å². The van der Waals surface area contributed by atoms with E-state index in [2.05, 4.69) is 18.9 Å². The molecule has 0 N–H and O–H groups in total. The van der Waals surface area contributed by atoms with Gasteiger partial charge in [0.15, 0.2) is 0 Å². The maximum atomic E-state index is 13.1. The third-order valence-corrected chi connectivity index (χ3v) is 6.58. The van der Waals surface area contributed by atoms with Gasteiger partial charge in [-0.15, -0.1) is 0 Å². The number of hydrogen-bond acceptors (Lipinski definition) is 5. The van der Waals surface area contributed by atoms with Crippen LogP contribution in [-0.4, -0.2) is 43.9 Å². The van der Waals surface area contributed by atoms with Crippen LogP contribution in [0.4, 0.5) is 5.69 Å². The molecule has 6 nitrogen and oxygen atoms in total. The fraction of sp³-hybridized carbons (Fsp3) is 0.579. The number of nitrogens with zero attached hydrogens (tertiary/aromatic N) is 3. The molecule has 3 rings (SSSR count). The molecule has 2 heterocycles. The van der Waals surface area contributed by atoms with Crippen LogP contribution in [0.1, 0.15) is 45.1 Å². The first-order chi connectivity index (χ1) is 12.3. The molecule has 0 unspecified atom stereocenters. The van der Waals surface area contributed by atoms with Crippen LogP contribution in [-0.2, 0) is 14.6 Å². The first-order valence-corrected chi connectivity index (χ1v) is 10.8. The Hall–Kier alpha value is -1.89. The number of fused-ring (bicyclic) bond motifs is 1. The number of carbonyl (C=O) groups excluding carboxylic acids is 1. The van der Waals surface area contributed by atoms with E-state index in [1.165, 1.54) is 0 Å². The van der Waals surface area contributed by atoms with Crippen molar-refractivity contribution in [2.75, 3.05) is 24.6 Å². The van der Waals surface area contributed by atoms with Crippen LogP contribution in [0.2, 0.25) is 0 Å². The molecule has 7 heteroatoms. The summed E-state index contributed by atoms with van der Waals surface area (Å²) in [6, 6.07) is 5.20. The van der Waals surface area contributed by atoms with Crippen molar-refractivity contribution in [3.63, 3.8) is 0 Å². The van der Waals surface area contributed by atoms with Gasteiger partial charge in [0.05, 0.1) is 10.6 Å². The minimum absolute atomic E-state index is 0.183. The molecule has 1 amide bonds. The van der Waals surface area contributed by atoms with Crippen LogP contribution in [0, 0.1) is 12.8 Å². The van der Waals surface area contributed by atoms with E-state index in [1.54, 1.807) is 22.0 Å². The molecule has 26 heavy (non-hydrogen) atoms. The van der Waals surface area contributed by atoms with Gasteiger partial charge in [-0.1, -0.05) is 19.9 Å². The Balaban J connectivity index is 2.02. The average Bonchev–Trinajstić information content (AvgIpc) is 2.61. The number of carbonyl (C=O) groups is 1. The highest BCUT2D eigenvalue weighted by Crippen LogP contribution is 2.33. The van der Waals surface area contributed by atoms with Crippen LogP contribution in [0.5, 0.6) is 0 Å². The second-order valence-corrected chi connectivity index (χ2v) is 9.37. The lowest BCUT2D eigenvalue weighted by Crippen LogP contribution is -2.45. The van der Waals surface area contributed by atoms with Crippen molar-refractivity contribution in [3.8, 4) is 0 Å². The molecule has 142 valence electrons. The summed E-state index contributed by atoms with van der Waals surface area (Å²) < 4.78 is 26.2. The lowest BCUT2D eigenvalue weighted by atomic mass is 10.1. The number of anilines is 1. The molecule has 0 atom stereocenters. The van der Waals surface area contributed by atoms with Crippen molar-refractivity contribution in [1.29, 1.82) is 0 Å². The summed E-state index contributed by atoms with van der Waals surface area (Å²) in [6.45, 7) is 7.93. The first-order valence-electron chi connectivity index (χ1n) is 9.32. The largest absolute Gasteiger partial charge is 0.337 e. The van der Waals surface area contributed by atoms with Gasteiger partial charge < -0.3 is 4.90 Å². The zero-order chi connectivity index (χ0) is 18.9. The minimum atomic E-state index is -3.90. The van der Waals surface area contributed by atoms with Crippen LogP contribution in [0.3, 0.4) is 0 Å². The molecule has 0 aromatic heterocycles. The van der Waals surface area contributed by atoms with Crippen LogP contribution >= 0.6 is 0 Å². The zero-order valence-corrected chi connectivity index (χ0v) is 16.6. The smallest absolute Gasteiger partial charge is 0.286 e. The number of amides is 1. The Bertz CT molecular complexity index is 824. The second kappa shape index (κ2) is 7.39. The van der Waals surface area contributed by atoms with Gasteiger partial charge in [0.25, 0.3) is 5.91 Å². The van der Waals surface area contributed by atoms with Crippen molar-refractivity contribution in [2.45, 2.75) is 51.3 Å². The van der Waals surface area contributed by atoms with Crippen molar-refractivity contribution in [1.82, 2.24) is 4.90 Å². The van der Waals surface area contributed by atoms with Crippen molar-refractivity contribution < 1.29 is 13.2 Å². The van der Waals surface area contributed by atoms with Gasteiger partial charge in [-0.05, 0) is 56.2 Å². The number of piperidine rings is 1. The number of aryl methyl sites for hydroxylation is 1. The highest BCUT2D eigenvalue weighted by atomic mass is 32.2. The summed E-state index contributed by atoms with van der Waals surface area (Å²) in [4.78, 5) is 14.7. The maximum Gasteiger partial charge on any atom is 0.286 e. The predicted octanol–water partition coefficient (Wildman–Crippen LogP) is 2.96. The van der Waals surface area contributed by atoms with Crippen LogP contribution in [0.25, 0.3) is 0 Å². The standard InChI is InChI=1S/C19H27N3O3S/c1-14(2)9-12-22-16-13-15(3)7-8-17(16)26(24,25)18(20-22)19(23)21-10-5-4-6-11-21/h7-8,13-14H,4-6,9-12H2,1-3H3. The Kier molecular flexibility index (Phi) is 5.37. The number of benzene rings is 1. The molecule has 0 spiro atoms. The Labute approximate surface area is 155 Å². The molecule has 2 aliphatic heterocycles. The van der Waals surface area contributed by atoms with Gasteiger partial charge >= 0.3 is 0 Å². The Morgan fingerprint density at radius 3 is 2.54 bits per heavy atom. The number of hydrazone groups is 1. The number of hydrogen-bond donors (Lipinski definition) is 0. The quantitative estimate of drug-likeness (QED) is 0.809. The van der Waals surface area contributed by atoms with E-state index in [4.69, 9.17) is 0 Å². The molecule has 1 aromatic carbocycles. The Morgan fingerprint density at radius 1 is 1.19 bits per heavy atom. The highest BCUT2D eigenvalue weighted by Gasteiger charge is 2.39. The maximum absolute atomic E-state index is 13.1. The molecule has 2 aliphatic rings. The molecule has 0 bridgehead atoms. The summed E-state index contributed by atoms with van der Waals surface area (Å²) in [5.74, 6) is -0.0105. The minimum Gasteiger partial charge on any atom is -0.337 e. The monoisotopic (exact) mass is 377 g/mol. The van der Waals surface area contributed by atoms with Gasteiger partial charge in [-0.25, -0.2) is 8.42 Å².